The number of ketones is 1. The van der Waals surface area contributed by atoms with Gasteiger partial charge in [-0.15, -0.1) is 0 Å². The van der Waals surface area contributed by atoms with Crippen molar-refractivity contribution in [3.8, 4) is 0 Å². The molecule has 0 spiro atoms. The molecular formula is C16H28O5. The van der Waals surface area contributed by atoms with Crippen LogP contribution >= 0.6 is 0 Å². The molecule has 122 valence electrons. The number of rotatable bonds is 5. The van der Waals surface area contributed by atoms with Crippen LogP contribution < -0.4 is 0 Å². The molecule has 0 aliphatic carbocycles. The summed E-state index contributed by atoms with van der Waals surface area (Å²) in [7, 11) is 0. The lowest BCUT2D eigenvalue weighted by Gasteiger charge is -2.28. The average molecular weight is 300 g/mol. The first kappa shape index (κ1) is 19.6. The topological polar surface area (TPSA) is 69.7 Å². The molecule has 0 aliphatic rings. The van der Waals surface area contributed by atoms with Gasteiger partial charge in [-0.2, -0.15) is 0 Å². The molecule has 0 heterocycles. The van der Waals surface area contributed by atoms with Crippen LogP contribution in [0.2, 0.25) is 0 Å². The van der Waals surface area contributed by atoms with Gasteiger partial charge in [0.2, 0.25) is 0 Å². The molecule has 0 rings (SSSR count). The first-order chi connectivity index (χ1) is 9.23. The third kappa shape index (κ3) is 8.48. The number of carbonyl (C=O) groups is 3. The van der Waals surface area contributed by atoms with Crippen molar-refractivity contribution in [1.82, 2.24) is 0 Å². The Morgan fingerprint density at radius 1 is 0.857 bits per heavy atom. The van der Waals surface area contributed by atoms with Crippen LogP contribution in [0.5, 0.6) is 0 Å². The predicted molar refractivity (Wildman–Crippen MR) is 79.6 cm³/mol. The van der Waals surface area contributed by atoms with Crippen molar-refractivity contribution in [3.05, 3.63) is 0 Å². The van der Waals surface area contributed by atoms with Crippen molar-refractivity contribution in [1.29, 1.82) is 0 Å². The van der Waals surface area contributed by atoms with Crippen molar-refractivity contribution < 1.29 is 23.9 Å². The van der Waals surface area contributed by atoms with Crippen LogP contribution in [0.25, 0.3) is 0 Å². The molecular weight excluding hydrogens is 272 g/mol. The highest BCUT2D eigenvalue weighted by Crippen LogP contribution is 2.24. The summed E-state index contributed by atoms with van der Waals surface area (Å²) in [6, 6.07) is 0. The van der Waals surface area contributed by atoms with E-state index < -0.39 is 35.0 Å². The molecule has 0 aliphatic heterocycles. The highest BCUT2D eigenvalue weighted by Gasteiger charge is 2.39. The second-order valence-corrected chi connectivity index (χ2v) is 7.43. The second kappa shape index (κ2) is 7.05. The largest absolute Gasteiger partial charge is 0.459 e. The van der Waals surface area contributed by atoms with Gasteiger partial charge in [0, 0.05) is 6.42 Å². The lowest BCUT2D eigenvalue weighted by Crippen LogP contribution is -2.40. The second-order valence-electron chi connectivity index (χ2n) is 7.43. The zero-order valence-corrected chi connectivity index (χ0v) is 14.4. The molecule has 0 unspecified atom stereocenters. The molecule has 0 radical (unpaired) electrons. The van der Waals surface area contributed by atoms with Gasteiger partial charge in [0.15, 0.2) is 5.92 Å². The van der Waals surface area contributed by atoms with Gasteiger partial charge >= 0.3 is 11.9 Å². The summed E-state index contributed by atoms with van der Waals surface area (Å²) in [5, 5.41) is 0. The molecule has 0 N–H and O–H groups in total. The number of Topliss-reactive ketones (excluding diaryl/α,β-unsaturated/α-hetero) is 1. The molecule has 0 aromatic carbocycles. The van der Waals surface area contributed by atoms with E-state index >= 15 is 0 Å². The van der Waals surface area contributed by atoms with E-state index in [1.165, 1.54) is 6.92 Å². The van der Waals surface area contributed by atoms with Crippen LogP contribution in [0, 0.1) is 11.8 Å². The summed E-state index contributed by atoms with van der Waals surface area (Å²) in [6.45, 7) is 13.5. The van der Waals surface area contributed by atoms with E-state index in [-0.39, 0.29) is 12.2 Å². The highest BCUT2D eigenvalue weighted by molar-refractivity contribution is 5.96. The van der Waals surface area contributed by atoms with Crippen LogP contribution in [-0.4, -0.2) is 28.9 Å². The van der Waals surface area contributed by atoms with Gasteiger partial charge in [0.25, 0.3) is 0 Å². The van der Waals surface area contributed by atoms with Crippen LogP contribution in [-0.2, 0) is 23.9 Å². The van der Waals surface area contributed by atoms with E-state index in [0.29, 0.717) is 0 Å². The lowest BCUT2D eigenvalue weighted by molar-refractivity contribution is -0.177. The number of hydrogen-bond acceptors (Lipinski definition) is 5. The van der Waals surface area contributed by atoms with E-state index in [2.05, 4.69) is 0 Å². The van der Waals surface area contributed by atoms with Crippen molar-refractivity contribution in [3.63, 3.8) is 0 Å². The Hall–Kier alpha value is -1.39. The highest BCUT2D eigenvalue weighted by atomic mass is 16.6. The quantitative estimate of drug-likeness (QED) is 0.577. The van der Waals surface area contributed by atoms with Gasteiger partial charge in [-0.25, -0.2) is 0 Å². The molecule has 5 heteroatoms. The Morgan fingerprint density at radius 3 is 1.43 bits per heavy atom. The summed E-state index contributed by atoms with van der Waals surface area (Å²) >= 11 is 0. The van der Waals surface area contributed by atoms with Crippen LogP contribution in [0.1, 0.15) is 61.8 Å². The zero-order chi connectivity index (χ0) is 17.0. The fourth-order valence-corrected chi connectivity index (χ4v) is 1.86. The number of esters is 2. The fourth-order valence-electron chi connectivity index (χ4n) is 1.86. The molecule has 0 bridgehead atoms. The van der Waals surface area contributed by atoms with Gasteiger partial charge in [-0.1, -0.05) is 6.92 Å². The van der Waals surface area contributed by atoms with Gasteiger partial charge in [-0.3, -0.25) is 9.59 Å². The Labute approximate surface area is 127 Å². The molecule has 0 aromatic rings. The summed E-state index contributed by atoms with van der Waals surface area (Å²) in [6.07, 6.45) is 0.128. The standard InChI is InChI=1S/C16H28O5/c1-10(9-11(2)17)12(13(18)20-15(3,4)5)14(19)21-16(6,7)8/h10,12H,9H2,1-8H3/t10-/m0/s1. The minimum absolute atomic E-state index is 0.0837. The first-order valence-corrected chi connectivity index (χ1v) is 7.18. The number of ether oxygens (including phenoxy) is 2. The zero-order valence-electron chi connectivity index (χ0n) is 14.4. The van der Waals surface area contributed by atoms with Crippen LogP contribution in [0.15, 0.2) is 0 Å². The Balaban J connectivity index is 5.22. The van der Waals surface area contributed by atoms with Crippen molar-refractivity contribution in [2.75, 3.05) is 0 Å². The smallest absolute Gasteiger partial charge is 0.321 e. The maximum Gasteiger partial charge on any atom is 0.321 e. The molecule has 0 fully saturated rings. The van der Waals surface area contributed by atoms with Gasteiger partial charge < -0.3 is 14.3 Å². The Morgan fingerprint density at radius 2 is 1.19 bits per heavy atom. The number of hydrogen-bond donors (Lipinski definition) is 0. The van der Waals surface area contributed by atoms with Gasteiger partial charge in [0.05, 0.1) is 0 Å². The maximum absolute atomic E-state index is 12.3. The van der Waals surface area contributed by atoms with Crippen molar-refractivity contribution >= 4 is 17.7 Å². The molecule has 5 nitrogen and oxygen atoms in total. The molecule has 0 amide bonds. The molecule has 0 saturated carbocycles. The monoisotopic (exact) mass is 300 g/mol. The summed E-state index contributed by atoms with van der Waals surface area (Å²) < 4.78 is 10.6. The van der Waals surface area contributed by atoms with E-state index in [4.69, 9.17) is 9.47 Å². The third-order valence-corrected chi connectivity index (χ3v) is 2.50. The van der Waals surface area contributed by atoms with Crippen molar-refractivity contribution in [2.45, 2.75) is 73.0 Å². The fraction of sp³-hybridized carbons (Fsp3) is 0.812. The minimum atomic E-state index is -1.09. The molecule has 0 saturated heterocycles. The number of carbonyl (C=O) groups excluding carboxylic acids is 3. The van der Waals surface area contributed by atoms with E-state index in [0.717, 1.165) is 0 Å². The van der Waals surface area contributed by atoms with E-state index in [9.17, 15) is 14.4 Å². The van der Waals surface area contributed by atoms with E-state index in [1.54, 1.807) is 48.5 Å². The van der Waals surface area contributed by atoms with Crippen LogP contribution in [0.4, 0.5) is 0 Å². The summed E-state index contributed by atoms with van der Waals surface area (Å²) in [5.41, 5.74) is -1.40. The van der Waals surface area contributed by atoms with Crippen molar-refractivity contribution in [2.24, 2.45) is 11.8 Å². The Kier molecular flexibility index (Phi) is 6.58. The SMILES string of the molecule is CC(=O)C[C@H](C)C(C(=O)OC(C)(C)C)C(=O)OC(C)(C)C. The molecule has 0 aromatic heterocycles. The maximum atomic E-state index is 12.3. The van der Waals surface area contributed by atoms with E-state index in [1.807, 2.05) is 0 Å². The molecule has 21 heavy (non-hydrogen) atoms. The Bertz CT molecular complexity index is 370. The van der Waals surface area contributed by atoms with Gasteiger partial charge in [0.1, 0.15) is 17.0 Å². The molecule has 1 atom stereocenters. The average Bonchev–Trinajstić information content (AvgIpc) is 2.08. The van der Waals surface area contributed by atoms with Crippen LogP contribution in [0.3, 0.4) is 0 Å². The summed E-state index contributed by atoms with van der Waals surface area (Å²) in [4.78, 5) is 35.8. The van der Waals surface area contributed by atoms with Gasteiger partial charge in [-0.05, 0) is 54.4 Å². The first-order valence-electron chi connectivity index (χ1n) is 7.18. The minimum Gasteiger partial charge on any atom is -0.459 e. The third-order valence-electron chi connectivity index (χ3n) is 2.50. The normalized spacial score (nSPS) is 13.8. The predicted octanol–water partition coefficient (Wildman–Crippen LogP) is 2.90. The summed E-state index contributed by atoms with van der Waals surface area (Å²) in [5.74, 6) is -2.94. The lowest BCUT2D eigenvalue weighted by atomic mass is 9.89.